The number of nitrogens with one attached hydrogen (secondary N) is 5. The largest absolute Gasteiger partial charge is 0.383 e. The first-order chi connectivity index (χ1) is 20.4. The second kappa shape index (κ2) is 13.0. The van der Waals surface area contributed by atoms with Crippen molar-refractivity contribution in [3.8, 4) is 0 Å². The summed E-state index contributed by atoms with van der Waals surface area (Å²) in [5, 5.41) is 23.0. The van der Waals surface area contributed by atoms with E-state index in [1.165, 1.54) is 26.0 Å². The van der Waals surface area contributed by atoms with Gasteiger partial charge >= 0.3 is 0 Å². The minimum atomic E-state index is -1.16. The first kappa shape index (κ1) is 30.5. The van der Waals surface area contributed by atoms with Crippen molar-refractivity contribution in [2.24, 2.45) is 5.73 Å². The minimum absolute atomic E-state index is 0.0248. The zero-order valence-corrected chi connectivity index (χ0v) is 23.5. The van der Waals surface area contributed by atoms with Crippen LogP contribution in [0, 0.1) is 10.1 Å². The zero-order valence-electron chi connectivity index (χ0n) is 23.5. The summed E-state index contributed by atoms with van der Waals surface area (Å²) in [5.74, 6) is -3.53. The number of fused-ring (bicyclic) bond motifs is 2. The molecule has 0 saturated heterocycles. The van der Waals surface area contributed by atoms with Crippen molar-refractivity contribution in [3.63, 3.8) is 0 Å². The maximum absolute atomic E-state index is 13.5. The van der Waals surface area contributed by atoms with Crippen LogP contribution in [-0.2, 0) is 25.6 Å². The molecule has 1 aliphatic rings. The number of anilines is 1. The van der Waals surface area contributed by atoms with Gasteiger partial charge in [0.25, 0.3) is 11.6 Å². The fourth-order valence-corrected chi connectivity index (χ4v) is 4.78. The number of primary amides is 1. The summed E-state index contributed by atoms with van der Waals surface area (Å²) in [4.78, 5) is 80.0. The highest BCUT2D eigenvalue weighted by Crippen LogP contribution is 2.23. The maximum Gasteiger partial charge on any atom is 0.270 e. The van der Waals surface area contributed by atoms with Gasteiger partial charge in [-0.1, -0.05) is 18.2 Å². The highest BCUT2D eigenvalue weighted by atomic mass is 16.6. The highest BCUT2D eigenvalue weighted by Gasteiger charge is 2.30. The number of non-ortho nitro benzene ring substituents is 1. The number of nitro groups is 1. The van der Waals surface area contributed by atoms with Crippen LogP contribution < -0.4 is 27.0 Å². The Hall–Kier alpha value is -5.47. The number of hydrogen-bond acceptors (Lipinski definition) is 8. The van der Waals surface area contributed by atoms with Crippen LogP contribution in [0.3, 0.4) is 0 Å². The SMILES string of the molecule is C[C@@H]1NC(=O)c2cc([N+](=O)[O-])ccc2NCCN(CC(N)=O)C(=O)[C@H](C)NC(=O)[C@H](Cc2c[nH]c3ccccc23)NC1=O. The van der Waals surface area contributed by atoms with Gasteiger partial charge in [-0.15, -0.1) is 0 Å². The molecule has 43 heavy (non-hydrogen) atoms. The Bertz CT molecular complexity index is 1590. The second-order valence-corrected chi connectivity index (χ2v) is 10.2. The summed E-state index contributed by atoms with van der Waals surface area (Å²) in [6.45, 7) is 2.40. The monoisotopic (exact) mass is 592 g/mol. The number of aromatic nitrogens is 1. The van der Waals surface area contributed by atoms with Crippen molar-refractivity contribution in [1.82, 2.24) is 25.8 Å². The van der Waals surface area contributed by atoms with Crippen molar-refractivity contribution < 1.29 is 28.9 Å². The summed E-state index contributed by atoms with van der Waals surface area (Å²) < 4.78 is 0. The molecule has 0 radical (unpaired) electrons. The van der Waals surface area contributed by atoms with E-state index in [9.17, 15) is 34.1 Å². The number of nitro benzene ring substituents is 1. The Morgan fingerprint density at radius 1 is 1.02 bits per heavy atom. The predicted octanol–water partition coefficient (Wildman–Crippen LogP) is 0.166. The number of rotatable bonds is 5. The van der Waals surface area contributed by atoms with E-state index in [1.54, 1.807) is 6.20 Å². The van der Waals surface area contributed by atoms with Gasteiger partial charge in [-0.05, 0) is 31.5 Å². The van der Waals surface area contributed by atoms with Crippen molar-refractivity contribution in [1.29, 1.82) is 0 Å². The van der Waals surface area contributed by atoms with Gasteiger partial charge in [0.05, 0.1) is 17.0 Å². The molecule has 5 amide bonds. The number of H-pyrrole nitrogens is 1. The third-order valence-corrected chi connectivity index (χ3v) is 7.02. The van der Waals surface area contributed by atoms with E-state index in [4.69, 9.17) is 5.73 Å². The van der Waals surface area contributed by atoms with E-state index in [0.29, 0.717) is 0 Å². The number of nitrogens with two attached hydrogens (primary N) is 1. The first-order valence-corrected chi connectivity index (χ1v) is 13.5. The molecular weight excluding hydrogens is 560 g/mol. The van der Waals surface area contributed by atoms with Crippen LogP contribution in [0.4, 0.5) is 11.4 Å². The molecule has 3 atom stereocenters. The molecule has 1 aromatic heterocycles. The topological polar surface area (TPSA) is 222 Å². The molecule has 0 fully saturated rings. The number of nitrogens with zero attached hydrogens (tertiary/aromatic N) is 2. The predicted molar refractivity (Wildman–Crippen MR) is 156 cm³/mol. The molecule has 2 aromatic carbocycles. The molecule has 7 N–H and O–H groups in total. The molecule has 0 saturated carbocycles. The fraction of sp³-hybridized carbons (Fsp3) is 0.321. The number of carbonyl (C=O) groups is 5. The van der Waals surface area contributed by atoms with Gasteiger partial charge in [0.2, 0.25) is 23.6 Å². The van der Waals surface area contributed by atoms with Crippen LogP contribution in [0.2, 0.25) is 0 Å². The summed E-state index contributed by atoms with van der Waals surface area (Å²) in [6, 6.07) is 7.61. The van der Waals surface area contributed by atoms with Gasteiger partial charge in [0.1, 0.15) is 18.1 Å². The number of hydrogen-bond donors (Lipinski definition) is 6. The van der Waals surface area contributed by atoms with E-state index in [0.717, 1.165) is 27.4 Å². The smallest absolute Gasteiger partial charge is 0.270 e. The first-order valence-electron chi connectivity index (χ1n) is 13.5. The van der Waals surface area contributed by atoms with Gasteiger partial charge in [-0.3, -0.25) is 34.1 Å². The Morgan fingerprint density at radius 2 is 1.77 bits per heavy atom. The average Bonchev–Trinajstić information content (AvgIpc) is 3.37. The molecule has 0 spiro atoms. The third-order valence-electron chi connectivity index (χ3n) is 7.02. The summed E-state index contributed by atoms with van der Waals surface area (Å²) in [6.07, 6.45) is 1.77. The molecule has 4 rings (SSSR count). The maximum atomic E-state index is 13.5. The van der Waals surface area contributed by atoms with Crippen LogP contribution in [0.1, 0.15) is 29.8 Å². The normalized spacial score (nSPS) is 20.4. The van der Waals surface area contributed by atoms with Crippen LogP contribution >= 0.6 is 0 Å². The molecule has 1 aliphatic heterocycles. The zero-order chi connectivity index (χ0) is 31.3. The molecule has 15 nitrogen and oxygen atoms in total. The van der Waals surface area contributed by atoms with Crippen LogP contribution in [0.15, 0.2) is 48.7 Å². The molecule has 0 aliphatic carbocycles. The number of carbonyl (C=O) groups excluding carboxylic acids is 5. The van der Waals surface area contributed by atoms with Crippen molar-refractivity contribution in [2.45, 2.75) is 38.4 Å². The lowest BCUT2D eigenvalue weighted by Gasteiger charge is -2.28. The summed E-state index contributed by atoms with van der Waals surface area (Å²) in [5.41, 5.74) is 6.65. The summed E-state index contributed by atoms with van der Waals surface area (Å²) in [7, 11) is 0. The van der Waals surface area contributed by atoms with E-state index in [2.05, 4.69) is 26.3 Å². The molecular formula is C28H32N8O7. The summed E-state index contributed by atoms with van der Waals surface area (Å²) >= 11 is 0. The average molecular weight is 593 g/mol. The van der Waals surface area contributed by atoms with Crippen molar-refractivity contribution in [2.75, 3.05) is 25.0 Å². The van der Waals surface area contributed by atoms with Gasteiger partial charge in [-0.2, -0.15) is 0 Å². The molecule has 2 heterocycles. The van der Waals surface area contributed by atoms with Gasteiger partial charge in [-0.25, -0.2) is 0 Å². The van der Waals surface area contributed by atoms with Gasteiger partial charge < -0.3 is 36.9 Å². The minimum Gasteiger partial charge on any atom is -0.383 e. The van der Waals surface area contributed by atoms with Crippen LogP contribution in [0.25, 0.3) is 10.9 Å². The standard InChI is InChI=1S/C28H32N8O7/c1-15-25(38)34-23(11-17-13-31-21-6-4-3-5-19(17)21)27(40)33-16(2)28(41)35(14-24(29)37)10-9-30-22-8-7-18(36(42)43)12-20(22)26(39)32-15/h3-8,12-13,15-16,23,30-31H,9-11,14H2,1-2H3,(H2,29,37)(H,32,39)(H,33,40)(H,34,38)/t15-,16-,23-/m0/s1. The fourth-order valence-electron chi connectivity index (χ4n) is 4.78. The van der Waals surface area contributed by atoms with E-state index in [-0.39, 0.29) is 36.4 Å². The third kappa shape index (κ3) is 7.25. The van der Waals surface area contributed by atoms with Crippen molar-refractivity contribution >= 4 is 51.8 Å². The molecule has 15 heteroatoms. The van der Waals surface area contributed by atoms with E-state index >= 15 is 0 Å². The number of amides is 5. The van der Waals surface area contributed by atoms with Crippen LogP contribution in [0.5, 0.6) is 0 Å². The Balaban J connectivity index is 1.70. The van der Waals surface area contributed by atoms with E-state index in [1.807, 2.05) is 24.3 Å². The lowest BCUT2D eigenvalue weighted by molar-refractivity contribution is -0.384. The number of para-hydroxylation sites is 1. The quantitative estimate of drug-likeness (QED) is 0.177. The lowest BCUT2D eigenvalue weighted by Crippen LogP contribution is -2.57. The lowest BCUT2D eigenvalue weighted by atomic mass is 10.0. The second-order valence-electron chi connectivity index (χ2n) is 10.2. The van der Waals surface area contributed by atoms with E-state index < -0.39 is 59.1 Å². The Kier molecular flexibility index (Phi) is 9.23. The molecule has 3 aromatic rings. The van der Waals surface area contributed by atoms with Gasteiger partial charge in [0, 0.05) is 54.4 Å². The van der Waals surface area contributed by atoms with Gasteiger partial charge in [0.15, 0.2) is 0 Å². The molecule has 0 bridgehead atoms. The Labute approximate surface area is 245 Å². The Morgan fingerprint density at radius 3 is 2.49 bits per heavy atom. The molecule has 226 valence electrons. The highest BCUT2D eigenvalue weighted by molar-refractivity contribution is 6.03. The molecule has 0 unspecified atom stereocenters. The van der Waals surface area contributed by atoms with Crippen LogP contribution in [-0.4, -0.2) is 82.1 Å². The number of benzene rings is 2. The van der Waals surface area contributed by atoms with Crippen molar-refractivity contribution in [3.05, 3.63) is 69.9 Å². The number of aromatic amines is 1.